The first-order valence-corrected chi connectivity index (χ1v) is 4.07. The molecule has 2 N–H and O–H groups in total. The molecule has 0 saturated carbocycles. The molecule has 0 spiro atoms. The fourth-order valence-electron chi connectivity index (χ4n) is 1.13. The molecule has 0 aromatic heterocycles. The van der Waals surface area contributed by atoms with E-state index in [1.807, 2.05) is 0 Å². The molecule has 0 heterocycles. The molecule has 0 aliphatic rings. The van der Waals surface area contributed by atoms with Crippen molar-refractivity contribution in [2.45, 2.75) is 19.8 Å². The molecule has 0 fully saturated rings. The molecular weight excluding hydrogens is 169 g/mol. The molecule has 1 rings (SSSR count). The minimum Gasteiger partial charge on any atom is -0.399 e. The molecule has 0 amide bonds. The molecule has 0 aliphatic carbocycles. The lowest BCUT2D eigenvalue weighted by Gasteiger charge is -2.08. The fraction of sp³-hybridized carbons (Fsp3) is 0.300. The summed E-state index contributed by atoms with van der Waals surface area (Å²) in [5, 5.41) is 0. The molecule has 0 bridgehead atoms. The van der Waals surface area contributed by atoms with Gasteiger partial charge in [0.1, 0.15) is 12.1 Å². The second-order valence-electron chi connectivity index (χ2n) is 3.16. The zero-order valence-electron chi connectivity index (χ0n) is 7.67. The van der Waals surface area contributed by atoms with Crippen LogP contribution in [-0.2, 0) is 4.79 Å². The predicted octanol–water partition coefficient (Wildman–Crippen LogP) is 2.02. The molecule has 1 atom stereocenters. The van der Waals surface area contributed by atoms with E-state index in [2.05, 4.69) is 0 Å². The van der Waals surface area contributed by atoms with Crippen LogP contribution < -0.4 is 5.73 Å². The van der Waals surface area contributed by atoms with Crippen LogP contribution >= 0.6 is 0 Å². The Hall–Kier alpha value is -1.38. The molecule has 0 saturated heterocycles. The number of aldehydes is 1. The Bertz CT molecular complexity index is 336. The van der Waals surface area contributed by atoms with Gasteiger partial charge in [-0.3, -0.25) is 0 Å². The van der Waals surface area contributed by atoms with Gasteiger partial charge in [-0.15, -0.1) is 0 Å². The molecule has 0 radical (unpaired) electrons. The Kier molecular flexibility index (Phi) is 2.66. The summed E-state index contributed by atoms with van der Waals surface area (Å²) in [6.45, 7) is 3.37. The second kappa shape index (κ2) is 3.56. The van der Waals surface area contributed by atoms with Gasteiger partial charge in [0.15, 0.2) is 0 Å². The molecule has 2 nitrogen and oxygen atoms in total. The van der Waals surface area contributed by atoms with Gasteiger partial charge in [-0.1, -0.05) is 6.92 Å². The summed E-state index contributed by atoms with van der Waals surface area (Å²) in [4.78, 5) is 10.4. The Morgan fingerprint density at radius 3 is 2.69 bits per heavy atom. The van der Waals surface area contributed by atoms with Crippen LogP contribution in [0.4, 0.5) is 10.1 Å². The number of carbonyl (C=O) groups is 1. The fourth-order valence-corrected chi connectivity index (χ4v) is 1.13. The summed E-state index contributed by atoms with van der Waals surface area (Å²) >= 11 is 0. The number of aryl methyl sites for hydroxylation is 1. The summed E-state index contributed by atoms with van der Waals surface area (Å²) in [5.41, 5.74) is 7.17. The van der Waals surface area contributed by atoms with Crippen LogP contribution in [0.2, 0.25) is 0 Å². The van der Waals surface area contributed by atoms with Crippen molar-refractivity contribution >= 4 is 12.0 Å². The maximum absolute atomic E-state index is 13.3. The highest BCUT2D eigenvalue weighted by Crippen LogP contribution is 2.22. The van der Waals surface area contributed by atoms with Crippen LogP contribution in [0.1, 0.15) is 24.0 Å². The maximum Gasteiger partial charge on any atom is 0.127 e. The lowest BCUT2D eigenvalue weighted by atomic mass is 9.99. The van der Waals surface area contributed by atoms with Crippen LogP contribution in [-0.4, -0.2) is 6.29 Å². The van der Waals surface area contributed by atoms with E-state index in [0.29, 0.717) is 23.1 Å². The quantitative estimate of drug-likeness (QED) is 0.560. The van der Waals surface area contributed by atoms with Gasteiger partial charge in [-0.2, -0.15) is 0 Å². The van der Waals surface area contributed by atoms with E-state index in [4.69, 9.17) is 5.73 Å². The summed E-state index contributed by atoms with van der Waals surface area (Å²) in [6, 6.07) is 2.87. The van der Waals surface area contributed by atoms with Gasteiger partial charge in [0.05, 0.1) is 0 Å². The normalized spacial score (nSPS) is 12.5. The Labute approximate surface area is 76.6 Å². The monoisotopic (exact) mass is 181 g/mol. The van der Waals surface area contributed by atoms with E-state index in [-0.39, 0.29) is 5.82 Å². The lowest BCUT2D eigenvalue weighted by Crippen LogP contribution is -2.01. The van der Waals surface area contributed by atoms with E-state index < -0.39 is 5.92 Å². The van der Waals surface area contributed by atoms with E-state index in [1.165, 1.54) is 12.1 Å². The molecule has 13 heavy (non-hydrogen) atoms. The van der Waals surface area contributed by atoms with Crippen LogP contribution in [0.15, 0.2) is 12.1 Å². The van der Waals surface area contributed by atoms with Crippen molar-refractivity contribution in [1.82, 2.24) is 0 Å². The van der Waals surface area contributed by atoms with Crippen LogP contribution in [0.25, 0.3) is 0 Å². The standard InChI is InChI=1S/C10H12FNO/c1-6-3-9(11)8(4-10(6)12)7(2)5-13/h3-5,7H,12H2,1-2H3. The predicted molar refractivity (Wildman–Crippen MR) is 50.0 cm³/mol. The van der Waals surface area contributed by atoms with E-state index in [0.717, 1.165) is 0 Å². The van der Waals surface area contributed by atoms with Crippen molar-refractivity contribution < 1.29 is 9.18 Å². The molecule has 0 aliphatic heterocycles. The van der Waals surface area contributed by atoms with Crippen molar-refractivity contribution in [1.29, 1.82) is 0 Å². The third-order valence-electron chi connectivity index (χ3n) is 2.08. The highest BCUT2D eigenvalue weighted by Gasteiger charge is 2.11. The number of nitrogen functional groups attached to an aromatic ring is 1. The number of hydrogen-bond acceptors (Lipinski definition) is 2. The Balaban J connectivity index is 3.22. The van der Waals surface area contributed by atoms with Gasteiger partial charge in [0, 0.05) is 11.6 Å². The van der Waals surface area contributed by atoms with Crippen LogP contribution in [0, 0.1) is 12.7 Å². The summed E-state index contributed by atoms with van der Waals surface area (Å²) < 4.78 is 13.3. The van der Waals surface area contributed by atoms with Gasteiger partial charge in [0.2, 0.25) is 0 Å². The first-order valence-electron chi connectivity index (χ1n) is 4.07. The highest BCUT2D eigenvalue weighted by atomic mass is 19.1. The molecular formula is C10H12FNO. The Morgan fingerprint density at radius 2 is 2.15 bits per heavy atom. The third kappa shape index (κ3) is 1.86. The summed E-state index contributed by atoms with van der Waals surface area (Å²) in [6.07, 6.45) is 0.702. The number of carbonyl (C=O) groups excluding carboxylic acids is 1. The summed E-state index contributed by atoms with van der Waals surface area (Å²) in [7, 11) is 0. The van der Waals surface area contributed by atoms with E-state index >= 15 is 0 Å². The largest absolute Gasteiger partial charge is 0.399 e. The van der Waals surface area contributed by atoms with Gasteiger partial charge < -0.3 is 10.5 Å². The zero-order chi connectivity index (χ0) is 10.0. The average Bonchev–Trinajstić information content (AvgIpc) is 2.10. The Morgan fingerprint density at radius 1 is 1.54 bits per heavy atom. The van der Waals surface area contributed by atoms with Crippen LogP contribution in [0.5, 0.6) is 0 Å². The minimum atomic E-state index is -0.442. The SMILES string of the molecule is Cc1cc(F)c(C(C)C=O)cc1N. The number of hydrogen-bond donors (Lipinski definition) is 1. The van der Waals surface area contributed by atoms with Gasteiger partial charge in [-0.25, -0.2) is 4.39 Å². The number of rotatable bonds is 2. The van der Waals surface area contributed by atoms with Crippen LogP contribution in [0.3, 0.4) is 0 Å². The number of anilines is 1. The first-order chi connectivity index (χ1) is 6.06. The van der Waals surface area contributed by atoms with Gasteiger partial charge in [0.25, 0.3) is 0 Å². The van der Waals surface area contributed by atoms with Crippen molar-refractivity contribution in [3.05, 3.63) is 29.1 Å². The van der Waals surface area contributed by atoms with Crippen molar-refractivity contribution in [3.8, 4) is 0 Å². The lowest BCUT2D eigenvalue weighted by molar-refractivity contribution is -0.108. The molecule has 1 aromatic carbocycles. The van der Waals surface area contributed by atoms with E-state index in [9.17, 15) is 9.18 Å². The first kappa shape index (κ1) is 9.71. The van der Waals surface area contributed by atoms with Gasteiger partial charge >= 0.3 is 0 Å². The third-order valence-corrected chi connectivity index (χ3v) is 2.08. The molecule has 3 heteroatoms. The maximum atomic E-state index is 13.3. The minimum absolute atomic E-state index is 0.359. The summed E-state index contributed by atoms with van der Waals surface area (Å²) in [5.74, 6) is -0.811. The zero-order valence-corrected chi connectivity index (χ0v) is 7.67. The number of nitrogens with two attached hydrogens (primary N) is 1. The molecule has 70 valence electrons. The number of halogens is 1. The van der Waals surface area contributed by atoms with Crippen molar-refractivity contribution in [2.24, 2.45) is 0 Å². The molecule has 1 aromatic rings. The number of benzene rings is 1. The molecule has 1 unspecified atom stereocenters. The van der Waals surface area contributed by atoms with Gasteiger partial charge in [-0.05, 0) is 30.2 Å². The average molecular weight is 181 g/mol. The highest BCUT2D eigenvalue weighted by molar-refractivity contribution is 5.63. The topological polar surface area (TPSA) is 43.1 Å². The van der Waals surface area contributed by atoms with Crippen molar-refractivity contribution in [3.63, 3.8) is 0 Å². The smallest absolute Gasteiger partial charge is 0.127 e. The van der Waals surface area contributed by atoms with E-state index in [1.54, 1.807) is 13.8 Å². The van der Waals surface area contributed by atoms with Crippen molar-refractivity contribution in [2.75, 3.05) is 5.73 Å². The second-order valence-corrected chi connectivity index (χ2v) is 3.16.